The first-order valence-electron chi connectivity index (χ1n) is 7.03. The van der Waals surface area contributed by atoms with Gasteiger partial charge < -0.3 is 9.47 Å². The van der Waals surface area contributed by atoms with Gasteiger partial charge in [0.05, 0.1) is 13.2 Å². The Morgan fingerprint density at radius 2 is 1.40 bits per heavy atom. The molecule has 1 aromatic heterocycles. The van der Waals surface area contributed by atoms with Crippen LogP contribution < -0.4 is 0 Å². The molecular formula is C15H17NO4. The van der Waals surface area contributed by atoms with Gasteiger partial charge in [-0.15, -0.1) is 0 Å². The van der Waals surface area contributed by atoms with Crippen molar-refractivity contribution < 1.29 is 19.1 Å². The van der Waals surface area contributed by atoms with Gasteiger partial charge in [-0.3, -0.25) is 0 Å². The van der Waals surface area contributed by atoms with E-state index < -0.39 is 11.9 Å². The fraction of sp³-hybridized carbons (Fsp3) is 0.533. The van der Waals surface area contributed by atoms with Crippen molar-refractivity contribution in [3.05, 3.63) is 29.6 Å². The minimum Gasteiger partial charge on any atom is -0.461 e. The van der Waals surface area contributed by atoms with Crippen LogP contribution in [0.1, 0.15) is 46.7 Å². The number of nitrogens with zero attached hydrogens (tertiary/aromatic N) is 1. The first-order chi connectivity index (χ1) is 9.72. The Morgan fingerprint density at radius 1 is 0.950 bits per heavy atom. The first-order valence-corrected chi connectivity index (χ1v) is 7.03. The molecule has 2 fully saturated rings. The SMILES string of the molecule is O=C(OCC1CC1)c1cccc(C(=O)OCC2CC2)n1. The summed E-state index contributed by atoms with van der Waals surface area (Å²) in [6.45, 7) is 0.883. The lowest BCUT2D eigenvalue weighted by Gasteiger charge is -2.05. The van der Waals surface area contributed by atoms with Gasteiger partial charge in [-0.1, -0.05) is 6.07 Å². The Labute approximate surface area is 117 Å². The fourth-order valence-corrected chi connectivity index (χ4v) is 1.77. The van der Waals surface area contributed by atoms with Gasteiger partial charge >= 0.3 is 11.9 Å². The summed E-state index contributed by atoms with van der Waals surface area (Å²) in [4.78, 5) is 27.6. The molecule has 2 aliphatic rings. The summed E-state index contributed by atoms with van der Waals surface area (Å²) in [5.41, 5.74) is 0.318. The lowest BCUT2D eigenvalue weighted by molar-refractivity contribution is 0.0470. The van der Waals surface area contributed by atoms with Crippen molar-refractivity contribution >= 4 is 11.9 Å². The van der Waals surface area contributed by atoms with E-state index in [0.29, 0.717) is 25.0 Å². The van der Waals surface area contributed by atoms with E-state index in [1.807, 2.05) is 0 Å². The predicted molar refractivity (Wildman–Crippen MR) is 70.3 cm³/mol. The molecule has 0 atom stereocenters. The molecule has 0 aromatic carbocycles. The summed E-state index contributed by atoms with van der Waals surface area (Å²) in [5.74, 6) is 0.0544. The molecule has 106 valence electrons. The summed E-state index contributed by atoms with van der Waals surface area (Å²) < 4.78 is 10.3. The van der Waals surface area contributed by atoms with E-state index in [1.165, 1.54) is 0 Å². The van der Waals surface area contributed by atoms with Crippen molar-refractivity contribution in [2.75, 3.05) is 13.2 Å². The van der Waals surface area contributed by atoms with Gasteiger partial charge in [-0.05, 0) is 49.7 Å². The molecular weight excluding hydrogens is 258 g/mol. The molecule has 0 saturated heterocycles. The number of aromatic nitrogens is 1. The molecule has 2 saturated carbocycles. The number of rotatable bonds is 6. The third-order valence-corrected chi connectivity index (χ3v) is 3.46. The van der Waals surface area contributed by atoms with Gasteiger partial charge in [0.25, 0.3) is 0 Å². The van der Waals surface area contributed by atoms with Crippen LogP contribution in [0.3, 0.4) is 0 Å². The summed E-state index contributed by atoms with van der Waals surface area (Å²) in [6, 6.07) is 4.72. The van der Waals surface area contributed by atoms with E-state index in [9.17, 15) is 9.59 Å². The quantitative estimate of drug-likeness (QED) is 0.745. The molecule has 1 heterocycles. The molecule has 0 radical (unpaired) electrons. The highest BCUT2D eigenvalue weighted by Gasteiger charge is 2.25. The second-order valence-corrected chi connectivity index (χ2v) is 5.49. The summed E-state index contributed by atoms with van der Waals surface area (Å²) >= 11 is 0. The van der Waals surface area contributed by atoms with Crippen molar-refractivity contribution in [1.82, 2.24) is 4.98 Å². The van der Waals surface area contributed by atoms with Crippen molar-refractivity contribution in [1.29, 1.82) is 0 Å². The zero-order chi connectivity index (χ0) is 13.9. The number of carbonyl (C=O) groups is 2. The Bertz CT molecular complexity index is 477. The Balaban J connectivity index is 1.58. The average molecular weight is 275 g/mol. The average Bonchev–Trinajstić information content (AvgIpc) is 3.36. The summed E-state index contributed by atoms with van der Waals surface area (Å²) in [5, 5.41) is 0. The van der Waals surface area contributed by atoms with Crippen LogP contribution in [-0.4, -0.2) is 30.1 Å². The Hall–Kier alpha value is -1.91. The van der Waals surface area contributed by atoms with Crippen molar-refractivity contribution in [2.24, 2.45) is 11.8 Å². The maximum atomic E-state index is 11.8. The van der Waals surface area contributed by atoms with Crippen LogP contribution >= 0.6 is 0 Å². The second-order valence-electron chi connectivity index (χ2n) is 5.49. The van der Waals surface area contributed by atoms with E-state index in [0.717, 1.165) is 25.7 Å². The maximum absolute atomic E-state index is 11.8. The zero-order valence-electron chi connectivity index (χ0n) is 11.2. The monoisotopic (exact) mass is 275 g/mol. The highest BCUT2D eigenvalue weighted by molar-refractivity contribution is 5.91. The molecule has 0 bridgehead atoms. The minimum atomic E-state index is -0.478. The smallest absolute Gasteiger partial charge is 0.356 e. The lowest BCUT2D eigenvalue weighted by Crippen LogP contribution is -2.14. The number of ether oxygens (including phenoxy) is 2. The normalized spacial score (nSPS) is 17.6. The number of pyridine rings is 1. The van der Waals surface area contributed by atoms with Crippen LogP contribution in [-0.2, 0) is 9.47 Å². The maximum Gasteiger partial charge on any atom is 0.356 e. The van der Waals surface area contributed by atoms with Crippen LogP contribution in [0.25, 0.3) is 0 Å². The van der Waals surface area contributed by atoms with E-state index >= 15 is 0 Å². The number of esters is 2. The molecule has 5 nitrogen and oxygen atoms in total. The van der Waals surface area contributed by atoms with Crippen LogP contribution in [0.5, 0.6) is 0 Å². The minimum absolute atomic E-state index is 0.159. The number of carbonyl (C=O) groups excluding carboxylic acids is 2. The molecule has 3 rings (SSSR count). The largest absolute Gasteiger partial charge is 0.461 e. The molecule has 0 N–H and O–H groups in total. The third kappa shape index (κ3) is 3.56. The Kier molecular flexibility index (Phi) is 3.67. The molecule has 0 spiro atoms. The highest BCUT2D eigenvalue weighted by atomic mass is 16.5. The predicted octanol–water partition coefficient (Wildman–Crippen LogP) is 2.22. The van der Waals surface area contributed by atoms with Crippen LogP contribution in [0.4, 0.5) is 0 Å². The molecule has 5 heteroatoms. The van der Waals surface area contributed by atoms with E-state index in [-0.39, 0.29) is 11.4 Å². The zero-order valence-corrected chi connectivity index (χ0v) is 11.2. The van der Waals surface area contributed by atoms with Crippen molar-refractivity contribution in [3.8, 4) is 0 Å². The Morgan fingerprint density at radius 3 is 1.80 bits per heavy atom. The van der Waals surface area contributed by atoms with Gasteiger partial charge in [0.1, 0.15) is 11.4 Å². The number of hydrogen-bond donors (Lipinski definition) is 0. The second kappa shape index (κ2) is 5.61. The van der Waals surface area contributed by atoms with Gasteiger partial charge in [-0.2, -0.15) is 0 Å². The van der Waals surface area contributed by atoms with E-state index in [1.54, 1.807) is 18.2 Å². The molecule has 2 aliphatic carbocycles. The standard InChI is InChI=1S/C15H17NO4/c17-14(19-8-10-4-5-10)12-2-1-3-13(16-12)15(18)20-9-11-6-7-11/h1-3,10-11H,4-9H2. The van der Waals surface area contributed by atoms with Gasteiger partial charge in [-0.25, -0.2) is 14.6 Å². The van der Waals surface area contributed by atoms with Crippen LogP contribution in [0.2, 0.25) is 0 Å². The number of hydrogen-bond acceptors (Lipinski definition) is 5. The van der Waals surface area contributed by atoms with Crippen LogP contribution in [0, 0.1) is 11.8 Å². The van der Waals surface area contributed by atoms with E-state index in [2.05, 4.69) is 4.98 Å². The molecule has 0 amide bonds. The fourth-order valence-electron chi connectivity index (χ4n) is 1.77. The van der Waals surface area contributed by atoms with Crippen molar-refractivity contribution in [3.63, 3.8) is 0 Å². The third-order valence-electron chi connectivity index (χ3n) is 3.46. The van der Waals surface area contributed by atoms with E-state index in [4.69, 9.17) is 9.47 Å². The first kappa shape index (κ1) is 13.1. The molecule has 20 heavy (non-hydrogen) atoms. The van der Waals surface area contributed by atoms with Gasteiger partial charge in [0.2, 0.25) is 0 Å². The molecule has 0 aliphatic heterocycles. The molecule has 0 unspecified atom stereocenters. The van der Waals surface area contributed by atoms with Gasteiger partial charge in [0.15, 0.2) is 0 Å². The topological polar surface area (TPSA) is 65.5 Å². The summed E-state index contributed by atoms with van der Waals surface area (Å²) in [6.07, 6.45) is 4.48. The van der Waals surface area contributed by atoms with Crippen molar-refractivity contribution in [2.45, 2.75) is 25.7 Å². The highest BCUT2D eigenvalue weighted by Crippen LogP contribution is 2.29. The van der Waals surface area contributed by atoms with Gasteiger partial charge in [0, 0.05) is 0 Å². The lowest BCUT2D eigenvalue weighted by atomic mass is 10.3. The molecule has 1 aromatic rings. The van der Waals surface area contributed by atoms with Crippen LogP contribution in [0.15, 0.2) is 18.2 Å². The summed E-state index contributed by atoms with van der Waals surface area (Å²) in [7, 11) is 0.